The van der Waals surface area contributed by atoms with Gasteiger partial charge < -0.3 is 9.64 Å². The molecule has 2 unspecified atom stereocenters. The molecule has 1 amide bonds. The summed E-state index contributed by atoms with van der Waals surface area (Å²) in [7, 11) is 0. The molecule has 4 heteroatoms. The molecule has 112 valence electrons. The molecule has 1 aliphatic heterocycles. The summed E-state index contributed by atoms with van der Waals surface area (Å²) in [5.74, 6) is 0.845. The van der Waals surface area contributed by atoms with Crippen LogP contribution in [0.3, 0.4) is 0 Å². The minimum absolute atomic E-state index is 0.0531. The van der Waals surface area contributed by atoms with Gasteiger partial charge in [-0.1, -0.05) is 20.3 Å². The molecule has 4 nitrogen and oxygen atoms in total. The van der Waals surface area contributed by atoms with Crippen molar-refractivity contribution in [2.75, 3.05) is 13.1 Å². The van der Waals surface area contributed by atoms with E-state index in [2.05, 4.69) is 19.9 Å². The molecular weight excluding hydrogens is 252 g/mol. The monoisotopic (exact) mass is 278 g/mol. The summed E-state index contributed by atoms with van der Waals surface area (Å²) >= 11 is 0. The van der Waals surface area contributed by atoms with Gasteiger partial charge in [-0.15, -0.1) is 0 Å². The molecular formula is C16H26N2O2. The molecule has 0 N–H and O–H groups in total. The van der Waals surface area contributed by atoms with Crippen LogP contribution in [-0.4, -0.2) is 30.2 Å². The highest BCUT2D eigenvalue weighted by Gasteiger charge is 2.34. The fourth-order valence-corrected chi connectivity index (χ4v) is 3.47. The van der Waals surface area contributed by atoms with Crippen molar-refractivity contribution in [3.05, 3.63) is 0 Å². The number of rotatable bonds is 2. The summed E-state index contributed by atoms with van der Waals surface area (Å²) in [5, 5.41) is 9.30. The smallest absolute Gasteiger partial charge is 0.410 e. The van der Waals surface area contributed by atoms with Crippen molar-refractivity contribution in [3.63, 3.8) is 0 Å². The first-order valence-electron chi connectivity index (χ1n) is 7.97. The van der Waals surface area contributed by atoms with Gasteiger partial charge in [0.2, 0.25) is 0 Å². The summed E-state index contributed by atoms with van der Waals surface area (Å²) in [6, 6.07) is 2.37. The highest BCUT2D eigenvalue weighted by Crippen LogP contribution is 2.30. The molecule has 2 aliphatic rings. The molecule has 2 atom stereocenters. The Kier molecular flexibility index (Phi) is 5.28. The fraction of sp³-hybridized carbons (Fsp3) is 0.875. The lowest BCUT2D eigenvalue weighted by atomic mass is 9.79. The van der Waals surface area contributed by atoms with E-state index in [9.17, 15) is 10.1 Å². The highest BCUT2D eigenvalue weighted by molar-refractivity contribution is 5.68. The van der Waals surface area contributed by atoms with Crippen molar-refractivity contribution in [3.8, 4) is 6.07 Å². The number of nitrogens with zero attached hydrogens (tertiary/aromatic N) is 2. The molecule has 20 heavy (non-hydrogen) atoms. The van der Waals surface area contributed by atoms with Crippen molar-refractivity contribution >= 4 is 6.09 Å². The zero-order chi connectivity index (χ0) is 14.5. The van der Waals surface area contributed by atoms with Gasteiger partial charge in [0.05, 0.1) is 12.0 Å². The molecule has 2 fully saturated rings. The molecule has 2 rings (SSSR count). The number of amides is 1. The second-order valence-corrected chi connectivity index (χ2v) is 6.52. The Morgan fingerprint density at radius 1 is 1.25 bits per heavy atom. The van der Waals surface area contributed by atoms with Crippen LogP contribution in [0.1, 0.15) is 52.4 Å². The fourth-order valence-electron chi connectivity index (χ4n) is 3.47. The lowest BCUT2D eigenvalue weighted by Crippen LogP contribution is -2.45. The van der Waals surface area contributed by atoms with Crippen LogP contribution in [0.15, 0.2) is 0 Å². The molecule has 1 aliphatic carbocycles. The van der Waals surface area contributed by atoms with Crippen LogP contribution < -0.4 is 0 Å². The van der Waals surface area contributed by atoms with Gasteiger partial charge in [-0.05, 0) is 43.9 Å². The Morgan fingerprint density at radius 3 is 2.55 bits per heavy atom. The van der Waals surface area contributed by atoms with E-state index >= 15 is 0 Å². The number of nitriles is 1. The van der Waals surface area contributed by atoms with E-state index in [1.807, 2.05) is 0 Å². The first-order chi connectivity index (χ1) is 9.61. The minimum Gasteiger partial charge on any atom is -0.446 e. The maximum absolute atomic E-state index is 12.2. The second kappa shape index (κ2) is 6.97. The van der Waals surface area contributed by atoms with Crippen molar-refractivity contribution in [1.29, 1.82) is 5.26 Å². The standard InChI is InChI=1S/C16H26N2O2/c1-12(2)15-8-9-18(11-13(15)10-17)16(19)20-14-6-4-3-5-7-14/h12-15H,3-9,11H2,1-2H3. The summed E-state index contributed by atoms with van der Waals surface area (Å²) in [4.78, 5) is 13.9. The van der Waals surface area contributed by atoms with E-state index in [-0.39, 0.29) is 18.1 Å². The summed E-state index contributed by atoms with van der Waals surface area (Å²) < 4.78 is 5.60. The number of hydrogen-bond acceptors (Lipinski definition) is 3. The van der Waals surface area contributed by atoms with E-state index in [1.54, 1.807) is 4.90 Å². The van der Waals surface area contributed by atoms with Gasteiger partial charge in [0.15, 0.2) is 0 Å². The maximum atomic E-state index is 12.2. The van der Waals surface area contributed by atoms with Gasteiger partial charge in [0.25, 0.3) is 0 Å². The molecule has 1 saturated carbocycles. The topological polar surface area (TPSA) is 53.3 Å². The van der Waals surface area contributed by atoms with E-state index in [0.717, 1.165) is 38.6 Å². The van der Waals surface area contributed by atoms with E-state index in [4.69, 9.17) is 4.74 Å². The normalized spacial score (nSPS) is 28.2. The molecule has 0 aromatic carbocycles. The Hall–Kier alpha value is -1.24. The first kappa shape index (κ1) is 15.2. The van der Waals surface area contributed by atoms with E-state index < -0.39 is 0 Å². The van der Waals surface area contributed by atoms with Gasteiger partial charge in [0, 0.05) is 13.1 Å². The van der Waals surface area contributed by atoms with Crippen LogP contribution in [0.25, 0.3) is 0 Å². The number of ether oxygens (including phenoxy) is 1. The number of hydrogen-bond donors (Lipinski definition) is 0. The van der Waals surface area contributed by atoms with Gasteiger partial charge in [0.1, 0.15) is 6.10 Å². The van der Waals surface area contributed by atoms with Gasteiger partial charge in [-0.3, -0.25) is 0 Å². The zero-order valence-corrected chi connectivity index (χ0v) is 12.7. The Balaban J connectivity index is 1.87. The summed E-state index contributed by atoms with van der Waals surface area (Å²) in [5.41, 5.74) is 0. The molecule has 0 aromatic rings. The minimum atomic E-state index is -0.209. The van der Waals surface area contributed by atoms with Crippen LogP contribution in [-0.2, 0) is 4.74 Å². The van der Waals surface area contributed by atoms with Gasteiger partial charge in [-0.2, -0.15) is 5.26 Å². The van der Waals surface area contributed by atoms with Crippen molar-refractivity contribution in [2.45, 2.75) is 58.5 Å². The van der Waals surface area contributed by atoms with Crippen LogP contribution >= 0.6 is 0 Å². The van der Waals surface area contributed by atoms with Crippen LogP contribution in [0, 0.1) is 29.1 Å². The predicted molar refractivity (Wildman–Crippen MR) is 77.0 cm³/mol. The predicted octanol–water partition coefficient (Wildman–Crippen LogP) is 3.57. The number of likely N-dealkylation sites (tertiary alicyclic amines) is 1. The van der Waals surface area contributed by atoms with Crippen LogP contribution in [0.4, 0.5) is 4.79 Å². The van der Waals surface area contributed by atoms with Crippen LogP contribution in [0.2, 0.25) is 0 Å². The molecule has 0 aromatic heterocycles. The van der Waals surface area contributed by atoms with Crippen molar-refractivity contribution < 1.29 is 9.53 Å². The second-order valence-electron chi connectivity index (χ2n) is 6.52. The summed E-state index contributed by atoms with van der Waals surface area (Å²) in [6.07, 6.45) is 6.37. The van der Waals surface area contributed by atoms with Crippen molar-refractivity contribution in [2.24, 2.45) is 17.8 Å². The molecule has 0 bridgehead atoms. The van der Waals surface area contributed by atoms with Crippen molar-refractivity contribution in [1.82, 2.24) is 4.90 Å². The Morgan fingerprint density at radius 2 is 1.95 bits per heavy atom. The number of carbonyl (C=O) groups excluding carboxylic acids is 1. The van der Waals surface area contributed by atoms with Gasteiger partial charge >= 0.3 is 6.09 Å². The quantitative estimate of drug-likeness (QED) is 0.776. The number of piperidine rings is 1. The average molecular weight is 278 g/mol. The lowest BCUT2D eigenvalue weighted by molar-refractivity contribution is 0.0293. The zero-order valence-electron chi connectivity index (χ0n) is 12.7. The third-order valence-electron chi connectivity index (χ3n) is 4.77. The third kappa shape index (κ3) is 3.65. The largest absolute Gasteiger partial charge is 0.446 e. The highest BCUT2D eigenvalue weighted by atomic mass is 16.6. The lowest BCUT2D eigenvalue weighted by Gasteiger charge is -2.37. The van der Waals surface area contributed by atoms with Crippen LogP contribution in [0.5, 0.6) is 0 Å². The molecule has 1 heterocycles. The SMILES string of the molecule is CC(C)C1CCN(C(=O)OC2CCCCC2)CC1C#N. The van der Waals surface area contributed by atoms with Gasteiger partial charge in [-0.25, -0.2) is 4.79 Å². The average Bonchev–Trinajstić information content (AvgIpc) is 2.47. The maximum Gasteiger partial charge on any atom is 0.410 e. The van der Waals surface area contributed by atoms with E-state index in [1.165, 1.54) is 6.42 Å². The van der Waals surface area contributed by atoms with E-state index in [0.29, 0.717) is 18.4 Å². The molecule has 1 saturated heterocycles. The first-order valence-corrected chi connectivity index (χ1v) is 7.97. The summed E-state index contributed by atoms with van der Waals surface area (Å²) in [6.45, 7) is 5.58. The Bertz CT molecular complexity index is 369. The Labute approximate surface area is 122 Å². The molecule has 0 radical (unpaired) electrons. The number of carbonyl (C=O) groups is 1. The third-order valence-corrected chi connectivity index (χ3v) is 4.77. The molecule has 0 spiro atoms.